The van der Waals surface area contributed by atoms with E-state index in [1.165, 1.54) is 48.5 Å². The standard InChI is InChI=1S/C20H24N2O7S/c1-20(2,3)19(26)29-13-8-10-14(11-9-13)30(27,28)22-16-7-5-4-6-15(16)18(25)21-12-17(23)24/h4-11,19,22,26H,12H2,1-3H3,(H,21,25)(H,23,24). The molecule has 0 saturated carbocycles. The maximum absolute atomic E-state index is 12.7. The Morgan fingerprint density at radius 3 is 2.23 bits per heavy atom. The molecule has 0 radical (unpaired) electrons. The number of aliphatic hydroxyl groups is 1. The van der Waals surface area contributed by atoms with E-state index in [9.17, 15) is 23.1 Å². The zero-order valence-electron chi connectivity index (χ0n) is 16.7. The van der Waals surface area contributed by atoms with Crippen LogP contribution in [0.25, 0.3) is 0 Å². The number of carboxylic acid groups (broad SMARTS) is 1. The summed E-state index contributed by atoms with van der Waals surface area (Å²) in [4.78, 5) is 22.7. The van der Waals surface area contributed by atoms with Gasteiger partial charge in [0.05, 0.1) is 16.1 Å². The van der Waals surface area contributed by atoms with Gasteiger partial charge in [0.2, 0.25) is 6.29 Å². The number of para-hydroxylation sites is 1. The first-order chi connectivity index (χ1) is 13.9. The van der Waals surface area contributed by atoms with E-state index in [0.29, 0.717) is 5.75 Å². The van der Waals surface area contributed by atoms with Crippen LogP contribution in [0.15, 0.2) is 53.4 Å². The number of carbonyl (C=O) groups is 2. The number of carboxylic acids is 1. The average Bonchev–Trinajstić information content (AvgIpc) is 2.66. The molecule has 2 aromatic rings. The molecule has 2 rings (SSSR count). The quantitative estimate of drug-likeness (QED) is 0.464. The number of aliphatic hydroxyl groups excluding tert-OH is 1. The molecular formula is C20H24N2O7S. The van der Waals surface area contributed by atoms with E-state index in [1.54, 1.807) is 20.8 Å². The predicted molar refractivity (Wildman–Crippen MR) is 110 cm³/mol. The van der Waals surface area contributed by atoms with Gasteiger partial charge in [-0.1, -0.05) is 32.9 Å². The van der Waals surface area contributed by atoms with Gasteiger partial charge >= 0.3 is 5.97 Å². The van der Waals surface area contributed by atoms with E-state index in [1.807, 2.05) is 0 Å². The molecule has 0 aliphatic rings. The van der Waals surface area contributed by atoms with E-state index >= 15 is 0 Å². The minimum Gasteiger partial charge on any atom is -0.480 e. The highest BCUT2D eigenvalue weighted by atomic mass is 32.2. The highest BCUT2D eigenvalue weighted by Gasteiger charge is 2.24. The summed E-state index contributed by atoms with van der Waals surface area (Å²) in [6.07, 6.45) is -1.07. The SMILES string of the molecule is CC(C)(C)C(O)Oc1ccc(S(=O)(=O)Nc2ccccc2C(=O)NCC(=O)O)cc1. The van der Waals surface area contributed by atoms with Gasteiger partial charge in [0, 0.05) is 5.41 Å². The third-order valence-corrected chi connectivity index (χ3v) is 5.32. The normalized spacial score (nSPS) is 12.7. The van der Waals surface area contributed by atoms with E-state index < -0.39 is 40.1 Å². The number of hydrogen-bond acceptors (Lipinski definition) is 6. The molecule has 1 unspecified atom stereocenters. The molecule has 4 N–H and O–H groups in total. The number of aliphatic carboxylic acids is 1. The largest absolute Gasteiger partial charge is 0.480 e. The van der Waals surface area contributed by atoms with Crippen molar-refractivity contribution in [2.75, 3.05) is 11.3 Å². The molecule has 162 valence electrons. The van der Waals surface area contributed by atoms with Crippen LogP contribution in [0, 0.1) is 5.41 Å². The third-order valence-electron chi connectivity index (χ3n) is 3.94. The third kappa shape index (κ3) is 6.19. The lowest BCUT2D eigenvalue weighted by atomic mass is 9.96. The molecule has 0 heterocycles. The van der Waals surface area contributed by atoms with Crippen LogP contribution < -0.4 is 14.8 Å². The molecule has 0 aromatic heterocycles. The number of nitrogens with one attached hydrogen (secondary N) is 2. The lowest BCUT2D eigenvalue weighted by Crippen LogP contribution is -2.31. The maximum atomic E-state index is 12.7. The van der Waals surface area contributed by atoms with Crippen molar-refractivity contribution in [1.82, 2.24) is 5.32 Å². The topological polar surface area (TPSA) is 142 Å². The molecule has 0 saturated heterocycles. The number of anilines is 1. The minimum absolute atomic E-state index is 0.00358. The Hall–Kier alpha value is -3.11. The number of amides is 1. The van der Waals surface area contributed by atoms with Crippen molar-refractivity contribution in [3.05, 3.63) is 54.1 Å². The predicted octanol–water partition coefficient (Wildman–Crippen LogP) is 2.05. The molecule has 0 spiro atoms. The summed E-state index contributed by atoms with van der Waals surface area (Å²) in [5, 5.41) is 20.9. The number of sulfonamides is 1. The second-order valence-corrected chi connectivity index (χ2v) is 9.22. The Morgan fingerprint density at radius 1 is 1.07 bits per heavy atom. The molecule has 10 heteroatoms. The molecule has 30 heavy (non-hydrogen) atoms. The van der Waals surface area contributed by atoms with Gasteiger partial charge in [0.25, 0.3) is 15.9 Å². The zero-order chi connectivity index (χ0) is 22.5. The fraction of sp³-hybridized carbons (Fsp3) is 0.300. The lowest BCUT2D eigenvalue weighted by molar-refractivity contribution is -0.135. The fourth-order valence-corrected chi connectivity index (χ4v) is 3.31. The van der Waals surface area contributed by atoms with Crippen molar-refractivity contribution in [1.29, 1.82) is 0 Å². The van der Waals surface area contributed by atoms with Crippen molar-refractivity contribution in [2.45, 2.75) is 32.0 Å². The van der Waals surface area contributed by atoms with Crippen LogP contribution in [-0.4, -0.2) is 43.3 Å². The van der Waals surface area contributed by atoms with Crippen LogP contribution in [0.2, 0.25) is 0 Å². The molecule has 1 amide bonds. The molecule has 9 nitrogen and oxygen atoms in total. The summed E-state index contributed by atoms with van der Waals surface area (Å²) in [7, 11) is -4.04. The molecule has 0 aliphatic carbocycles. The van der Waals surface area contributed by atoms with Crippen LogP contribution in [-0.2, 0) is 14.8 Å². The Kier molecular flexibility index (Phi) is 7.06. The van der Waals surface area contributed by atoms with Crippen LogP contribution in [0.1, 0.15) is 31.1 Å². The summed E-state index contributed by atoms with van der Waals surface area (Å²) >= 11 is 0. The summed E-state index contributed by atoms with van der Waals surface area (Å²) in [6.45, 7) is 4.79. The molecule has 0 fully saturated rings. The van der Waals surface area contributed by atoms with Gasteiger partial charge in [-0.15, -0.1) is 0 Å². The van der Waals surface area contributed by atoms with Crippen LogP contribution in [0.5, 0.6) is 5.75 Å². The second kappa shape index (κ2) is 9.14. The van der Waals surface area contributed by atoms with Crippen LogP contribution in [0.3, 0.4) is 0 Å². The summed E-state index contributed by atoms with van der Waals surface area (Å²) < 4.78 is 33.1. The van der Waals surface area contributed by atoms with Gasteiger partial charge in [-0.3, -0.25) is 14.3 Å². The van der Waals surface area contributed by atoms with E-state index in [0.717, 1.165) is 0 Å². The smallest absolute Gasteiger partial charge is 0.322 e. The van der Waals surface area contributed by atoms with Gasteiger partial charge in [-0.25, -0.2) is 8.42 Å². The Labute approximate surface area is 174 Å². The number of ether oxygens (including phenoxy) is 1. The molecule has 0 bridgehead atoms. The van der Waals surface area contributed by atoms with Crippen molar-refractivity contribution in [2.24, 2.45) is 5.41 Å². The van der Waals surface area contributed by atoms with Crippen molar-refractivity contribution in [3.63, 3.8) is 0 Å². The molecule has 2 aromatic carbocycles. The lowest BCUT2D eigenvalue weighted by Gasteiger charge is -2.26. The fourth-order valence-electron chi connectivity index (χ4n) is 2.23. The number of carbonyl (C=O) groups excluding carboxylic acids is 1. The summed E-state index contributed by atoms with van der Waals surface area (Å²) in [6, 6.07) is 11.3. The first-order valence-corrected chi connectivity index (χ1v) is 10.4. The van der Waals surface area contributed by atoms with Gasteiger partial charge in [0.1, 0.15) is 12.3 Å². The van der Waals surface area contributed by atoms with E-state index in [4.69, 9.17) is 9.84 Å². The van der Waals surface area contributed by atoms with Gasteiger partial charge in [-0.2, -0.15) is 0 Å². The highest BCUT2D eigenvalue weighted by Crippen LogP contribution is 2.25. The molecule has 0 aliphatic heterocycles. The Morgan fingerprint density at radius 2 is 1.67 bits per heavy atom. The zero-order valence-corrected chi connectivity index (χ0v) is 17.6. The number of benzene rings is 2. The van der Waals surface area contributed by atoms with E-state index in [-0.39, 0.29) is 16.1 Å². The van der Waals surface area contributed by atoms with Crippen LogP contribution >= 0.6 is 0 Å². The van der Waals surface area contributed by atoms with Gasteiger partial charge in [-0.05, 0) is 36.4 Å². The highest BCUT2D eigenvalue weighted by molar-refractivity contribution is 7.92. The van der Waals surface area contributed by atoms with Gasteiger partial charge < -0.3 is 20.3 Å². The van der Waals surface area contributed by atoms with E-state index in [2.05, 4.69) is 10.0 Å². The average molecular weight is 436 g/mol. The second-order valence-electron chi connectivity index (χ2n) is 7.54. The number of hydrogen-bond donors (Lipinski definition) is 4. The minimum atomic E-state index is -4.04. The Balaban J connectivity index is 2.19. The molecule has 1 atom stereocenters. The summed E-state index contributed by atoms with van der Waals surface area (Å²) in [5.41, 5.74) is -0.531. The first-order valence-electron chi connectivity index (χ1n) is 8.97. The van der Waals surface area contributed by atoms with Crippen molar-refractivity contribution >= 4 is 27.6 Å². The van der Waals surface area contributed by atoms with Crippen molar-refractivity contribution < 1.29 is 33.0 Å². The molecular weight excluding hydrogens is 412 g/mol. The van der Waals surface area contributed by atoms with Crippen LogP contribution in [0.4, 0.5) is 5.69 Å². The Bertz CT molecular complexity index is 1010. The summed E-state index contributed by atoms with van der Waals surface area (Å²) in [5.74, 6) is -1.65. The van der Waals surface area contributed by atoms with Gasteiger partial charge in [0.15, 0.2) is 0 Å². The number of rotatable bonds is 8. The maximum Gasteiger partial charge on any atom is 0.322 e. The van der Waals surface area contributed by atoms with Crippen molar-refractivity contribution in [3.8, 4) is 5.75 Å². The first kappa shape index (κ1) is 23.2. The monoisotopic (exact) mass is 436 g/mol.